The summed E-state index contributed by atoms with van der Waals surface area (Å²) in [5.74, 6) is -0.326. The molecule has 1 heterocycles. The molecule has 18 heavy (non-hydrogen) atoms. The van der Waals surface area contributed by atoms with Crippen molar-refractivity contribution < 1.29 is 9.13 Å². The van der Waals surface area contributed by atoms with Crippen LogP contribution in [0.15, 0.2) is 18.2 Å². The van der Waals surface area contributed by atoms with E-state index in [0.29, 0.717) is 24.5 Å². The topological polar surface area (TPSA) is 47.3 Å². The zero-order chi connectivity index (χ0) is 13.2. The molecule has 0 unspecified atom stereocenters. The average Bonchev–Trinajstić information content (AvgIpc) is 2.32. The van der Waals surface area contributed by atoms with E-state index in [9.17, 15) is 4.39 Å². The van der Waals surface area contributed by atoms with Crippen molar-refractivity contribution in [1.29, 1.82) is 0 Å². The number of rotatable bonds is 3. The lowest BCUT2D eigenvalue weighted by Gasteiger charge is -2.35. The second-order valence-electron chi connectivity index (χ2n) is 4.86. The summed E-state index contributed by atoms with van der Waals surface area (Å²) in [5, 5.41) is 3.25. The largest absolute Gasteiger partial charge is 0.389 e. The van der Waals surface area contributed by atoms with Gasteiger partial charge in [0.1, 0.15) is 10.8 Å². The van der Waals surface area contributed by atoms with Gasteiger partial charge in [-0.2, -0.15) is 0 Å². The smallest absolute Gasteiger partial charge is 0.146 e. The lowest BCUT2D eigenvalue weighted by atomic mass is 9.92. The molecule has 0 amide bonds. The third-order valence-electron chi connectivity index (χ3n) is 3.29. The van der Waals surface area contributed by atoms with E-state index in [-0.39, 0.29) is 16.3 Å². The highest BCUT2D eigenvalue weighted by Gasteiger charge is 2.27. The molecule has 1 saturated heterocycles. The summed E-state index contributed by atoms with van der Waals surface area (Å²) >= 11 is 4.82. The van der Waals surface area contributed by atoms with Crippen LogP contribution in [0.1, 0.15) is 25.3 Å². The summed E-state index contributed by atoms with van der Waals surface area (Å²) in [7, 11) is 0. The fraction of sp³-hybridized carbons (Fsp3) is 0.462. The van der Waals surface area contributed by atoms with Crippen molar-refractivity contribution in [2.45, 2.75) is 25.3 Å². The van der Waals surface area contributed by atoms with Crippen LogP contribution in [0.25, 0.3) is 0 Å². The number of hydrogen-bond acceptors (Lipinski definition) is 3. The van der Waals surface area contributed by atoms with Crippen LogP contribution in [-0.4, -0.2) is 23.7 Å². The summed E-state index contributed by atoms with van der Waals surface area (Å²) in [4.78, 5) is 0.206. The molecule has 5 heteroatoms. The van der Waals surface area contributed by atoms with Crippen molar-refractivity contribution in [3.8, 4) is 0 Å². The van der Waals surface area contributed by atoms with Crippen LogP contribution >= 0.6 is 12.2 Å². The second kappa shape index (κ2) is 5.20. The predicted molar refractivity (Wildman–Crippen MR) is 74.4 cm³/mol. The number of hydrogen-bond donors (Lipinski definition) is 2. The maximum Gasteiger partial charge on any atom is 0.146 e. The van der Waals surface area contributed by atoms with Gasteiger partial charge in [-0.3, -0.25) is 0 Å². The monoisotopic (exact) mass is 268 g/mol. The minimum absolute atomic E-state index is 0.121. The first-order valence-electron chi connectivity index (χ1n) is 5.95. The number of benzene rings is 1. The first-order chi connectivity index (χ1) is 8.50. The van der Waals surface area contributed by atoms with Crippen LogP contribution in [0, 0.1) is 5.82 Å². The summed E-state index contributed by atoms with van der Waals surface area (Å²) in [5.41, 5.74) is 6.38. The fourth-order valence-corrected chi connectivity index (χ4v) is 2.17. The Morgan fingerprint density at radius 2 is 2.11 bits per heavy atom. The first kappa shape index (κ1) is 13.2. The summed E-state index contributed by atoms with van der Waals surface area (Å²) < 4.78 is 19.2. The van der Waals surface area contributed by atoms with Crippen LogP contribution in [0.4, 0.5) is 10.1 Å². The predicted octanol–water partition coefficient (Wildman–Crippen LogP) is 2.44. The number of halogens is 1. The molecule has 98 valence electrons. The molecule has 1 aromatic carbocycles. The molecule has 3 nitrogen and oxygen atoms in total. The van der Waals surface area contributed by atoms with Crippen LogP contribution in [0.5, 0.6) is 0 Å². The SMILES string of the molecule is CC1(Nc2ccc(C(N)=S)cc2F)CCOCC1. The average molecular weight is 268 g/mol. The molecule has 1 fully saturated rings. The Kier molecular flexibility index (Phi) is 3.82. The van der Waals surface area contributed by atoms with Crippen LogP contribution in [0.3, 0.4) is 0 Å². The van der Waals surface area contributed by atoms with Crippen molar-refractivity contribution in [1.82, 2.24) is 0 Å². The molecular weight excluding hydrogens is 251 g/mol. The van der Waals surface area contributed by atoms with Gasteiger partial charge < -0.3 is 15.8 Å². The van der Waals surface area contributed by atoms with Gasteiger partial charge in [0.25, 0.3) is 0 Å². The molecule has 1 aliphatic rings. The molecule has 0 aliphatic carbocycles. The van der Waals surface area contributed by atoms with E-state index in [1.807, 2.05) is 0 Å². The minimum atomic E-state index is -0.326. The van der Waals surface area contributed by atoms with Crippen molar-refractivity contribution in [2.24, 2.45) is 5.73 Å². The van der Waals surface area contributed by atoms with Crippen LogP contribution in [0.2, 0.25) is 0 Å². The van der Waals surface area contributed by atoms with Gasteiger partial charge in [0.15, 0.2) is 0 Å². The van der Waals surface area contributed by atoms with Crippen LogP contribution in [-0.2, 0) is 4.74 Å². The lowest BCUT2D eigenvalue weighted by molar-refractivity contribution is 0.0657. The van der Waals surface area contributed by atoms with E-state index in [0.717, 1.165) is 12.8 Å². The Bertz CT molecular complexity index is 458. The zero-order valence-corrected chi connectivity index (χ0v) is 11.1. The maximum absolute atomic E-state index is 13.9. The van der Waals surface area contributed by atoms with Gasteiger partial charge in [-0.05, 0) is 38.0 Å². The Morgan fingerprint density at radius 1 is 1.44 bits per heavy atom. The van der Waals surface area contributed by atoms with Gasteiger partial charge in [0.2, 0.25) is 0 Å². The molecule has 0 atom stereocenters. The lowest BCUT2D eigenvalue weighted by Crippen LogP contribution is -2.40. The number of anilines is 1. The van der Waals surface area contributed by atoms with Gasteiger partial charge in [-0.15, -0.1) is 0 Å². The summed E-state index contributed by atoms with van der Waals surface area (Å²) in [6, 6.07) is 4.79. The number of nitrogens with two attached hydrogens (primary N) is 1. The molecule has 1 aliphatic heterocycles. The van der Waals surface area contributed by atoms with Gasteiger partial charge in [0, 0.05) is 24.3 Å². The Morgan fingerprint density at radius 3 is 2.67 bits per heavy atom. The van der Waals surface area contributed by atoms with E-state index in [4.69, 9.17) is 22.7 Å². The normalized spacial score (nSPS) is 18.3. The highest BCUT2D eigenvalue weighted by Crippen LogP contribution is 2.27. The highest BCUT2D eigenvalue weighted by atomic mass is 32.1. The molecule has 0 aromatic heterocycles. The zero-order valence-electron chi connectivity index (χ0n) is 10.3. The van der Waals surface area contributed by atoms with E-state index < -0.39 is 0 Å². The third kappa shape index (κ3) is 2.97. The molecule has 1 aromatic rings. The van der Waals surface area contributed by atoms with Crippen molar-refractivity contribution >= 4 is 22.9 Å². The molecule has 0 spiro atoms. The molecular formula is C13H17FN2OS. The number of thiocarbonyl (C=S) groups is 1. The quantitative estimate of drug-likeness (QED) is 0.827. The Hall–Kier alpha value is -1.20. The minimum Gasteiger partial charge on any atom is -0.389 e. The Labute approximate surface area is 112 Å². The van der Waals surface area contributed by atoms with Crippen LogP contribution < -0.4 is 11.1 Å². The summed E-state index contributed by atoms with van der Waals surface area (Å²) in [6.45, 7) is 3.49. The van der Waals surface area contributed by atoms with Gasteiger partial charge in [0.05, 0.1) is 5.69 Å². The molecule has 0 radical (unpaired) electrons. The van der Waals surface area contributed by atoms with E-state index >= 15 is 0 Å². The van der Waals surface area contributed by atoms with Crippen molar-refractivity contribution in [3.63, 3.8) is 0 Å². The van der Waals surface area contributed by atoms with Crippen molar-refractivity contribution in [2.75, 3.05) is 18.5 Å². The number of ether oxygens (including phenoxy) is 1. The molecule has 0 saturated carbocycles. The molecule has 0 bridgehead atoms. The standard InChI is InChI=1S/C13H17FN2OS/c1-13(4-6-17-7-5-13)16-11-3-2-9(12(15)18)8-10(11)14/h2-3,8,16H,4-7H2,1H3,(H2,15,18). The summed E-state index contributed by atoms with van der Waals surface area (Å²) in [6.07, 6.45) is 1.73. The number of nitrogens with one attached hydrogen (secondary N) is 1. The van der Waals surface area contributed by atoms with E-state index in [2.05, 4.69) is 12.2 Å². The highest BCUT2D eigenvalue weighted by molar-refractivity contribution is 7.80. The van der Waals surface area contributed by atoms with Gasteiger partial charge in [-0.1, -0.05) is 12.2 Å². The maximum atomic E-state index is 13.9. The first-order valence-corrected chi connectivity index (χ1v) is 6.36. The van der Waals surface area contributed by atoms with Gasteiger partial charge >= 0.3 is 0 Å². The molecule has 3 N–H and O–H groups in total. The van der Waals surface area contributed by atoms with Gasteiger partial charge in [-0.25, -0.2) is 4.39 Å². The van der Waals surface area contributed by atoms with E-state index in [1.165, 1.54) is 6.07 Å². The molecule has 2 rings (SSSR count). The van der Waals surface area contributed by atoms with E-state index in [1.54, 1.807) is 12.1 Å². The second-order valence-corrected chi connectivity index (χ2v) is 5.30. The Balaban J connectivity index is 2.16. The van der Waals surface area contributed by atoms with Crippen molar-refractivity contribution in [3.05, 3.63) is 29.6 Å². The fourth-order valence-electron chi connectivity index (χ4n) is 2.04. The third-order valence-corrected chi connectivity index (χ3v) is 3.52.